The van der Waals surface area contributed by atoms with Crippen molar-refractivity contribution in [3.63, 3.8) is 0 Å². The van der Waals surface area contributed by atoms with E-state index < -0.39 is 11.7 Å². The molecule has 2 aromatic rings. The Morgan fingerprint density at radius 2 is 1.25 bits per heavy atom. The van der Waals surface area contributed by atoms with Crippen molar-refractivity contribution < 1.29 is 14.0 Å². The van der Waals surface area contributed by atoms with E-state index in [0.29, 0.717) is 11.1 Å². The second-order valence-corrected chi connectivity index (χ2v) is 4.82. The number of ketones is 2. The molecule has 0 bridgehead atoms. The summed E-state index contributed by atoms with van der Waals surface area (Å²) in [4.78, 5) is 24.4. The summed E-state index contributed by atoms with van der Waals surface area (Å²) >= 11 is 0. The van der Waals surface area contributed by atoms with Gasteiger partial charge in [0.2, 0.25) is 0 Å². The highest BCUT2D eigenvalue weighted by molar-refractivity contribution is 6.15. The molecule has 1 unspecified atom stereocenters. The monoisotopic (exact) mass is 270 g/mol. The summed E-state index contributed by atoms with van der Waals surface area (Å²) < 4.78 is 12.8. The molecule has 20 heavy (non-hydrogen) atoms. The lowest BCUT2D eigenvalue weighted by Gasteiger charge is -2.10. The van der Waals surface area contributed by atoms with Gasteiger partial charge in [-0.3, -0.25) is 9.59 Å². The minimum atomic E-state index is -0.775. The normalized spacial score (nSPS) is 11.9. The Hall–Kier alpha value is -2.29. The number of Topliss-reactive ketones (excluding diaryl/α,β-unsaturated/α-hetero) is 2. The number of carbonyl (C=O) groups is 2. The van der Waals surface area contributed by atoms with Crippen LogP contribution in [0, 0.1) is 18.7 Å². The van der Waals surface area contributed by atoms with E-state index in [1.165, 1.54) is 24.3 Å². The zero-order valence-corrected chi connectivity index (χ0v) is 11.4. The van der Waals surface area contributed by atoms with Crippen LogP contribution in [0.5, 0.6) is 0 Å². The average Bonchev–Trinajstić information content (AvgIpc) is 2.46. The molecule has 2 rings (SSSR count). The van der Waals surface area contributed by atoms with E-state index in [1.807, 2.05) is 19.1 Å². The number of aryl methyl sites for hydroxylation is 1. The fraction of sp³-hybridized carbons (Fsp3) is 0.176. The summed E-state index contributed by atoms with van der Waals surface area (Å²) in [6.07, 6.45) is 0. The van der Waals surface area contributed by atoms with Crippen molar-refractivity contribution in [1.29, 1.82) is 0 Å². The van der Waals surface area contributed by atoms with E-state index in [0.717, 1.165) is 5.56 Å². The van der Waals surface area contributed by atoms with Crippen LogP contribution in [-0.2, 0) is 0 Å². The van der Waals surface area contributed by atoms with Gasteiger partial charge in [0.05, 0.1) is 5.92 Å². The topological polar surface area (TPSA) is 34.1 Å². The van der Waals surface area contributed by atoms with Gasteiger partial charge in [-0.25, -0.2) is 4.39 Å². The van der Waals surface area contributed by atoms with Crippen molar-refractivity contribution in [2.75, 3.05) is 0 Å². The van der Waals surface area contributed by atoms with Gasteiger partial charge >= 0.3 is 0 Å². The molecule has 0 N–H and O–H groups in total. The predicted molar refractivity (Wildman–Crippen MR) is 75.4 cm³/mol. The Labute approximate surface area is 117 Å². The lowest BCUT2D eigenvalue weighted by Crippen LogP contribution is -2.21. The molecule has 102 valence electrons. The third kappa shape index (κ3) is 2.99. The summed E-state index contributed by atoms with van der Waals surface area (Å²) in [7, 11) is 0. The molecule has 1 atom stereocenters. The van der Waals surface area contributed by atoms with Gasteiger partial charge in [0.1, 0.15) is 5.82 Å². The van der Waals surface area contributed by atoms with Crippen LogP contribution in [0.2, 0.25) is 0 Å². The number of rotatable bonds is 4. The first-order valence-electron chi connectivity index (χ1n) is 6.39. The first-order valence-corrected chi connectivity index (χ1v) is 6.39. The number of hydrogen-bond acceptors (Lipinski definition) is 2. The van der Waals surface area contributed by atoms with Gasteiger partial charge in [-0.2, -0.15) is 0 Å². The van der Waals surface area contributed by atoms with E-state index >= 15 is 0 Å². The Morgan fingerprint density at radius 3 is 1.70 bits per heavy atom. The fourth-order valence-electron chi connectivity index (χ4n) is 1.95. The van der Waals surface area contributed by atoms with E-state index in [1.54, 1.807) is 19.1 Å². The van der Waals surface area contributed by atoms with Crippen LogP contribution in [0.4, 0.5) is 4.39 Å². The number of hydrogen-bond donors (Lipinski definition) is 0. The molecule has 0 amide bonds. The molecule has 0 heterocycles. The second kappa shape index (κ2) is 5.78. The van der Waals surface area contributed by atoms with Gasteiger partial charge in [0, 0.05) is 11.1 Å². The molecule has 3 heteroatoms. The van der Waals surface area contributed by atoms with E-state index in [-0.39, 0.29) is 11.6 Å². The molecule has 2 aromatic carbocycles. The Morgan fingerprint density at radius 1 is 0.850 bits per heavy atom. The zero-order chi connectivity index (χ0) is 14.7. The van der Waals surface area contributed by atoms with Crippen molar-refractivity contribution in [3.8, 4) is 0 Å². The van der Waals surface area contributed by atoms with Gasteiger partial charge in [0.15, 0.2) is 11.6 Å². The fourth-order valence-corrected chi connectivity index (χ4v) is 1.95. The van der Waals surface area contributed by atoms with E-state index in [9.17, 15) is 14.0 Å². The molecule has 2 nitrogen and oxygen atoms in total. The van der Waals surface area contributed by atoms with Crippen LogP contribution >= 0.6 is 0 Å². The maximum Gasteiger partial charge on any atom is 0.173 e. The van der Waals surface area contributed by atoms with E-state index in [2.05, 4.69) is 0 Å². The maximum atomic E-state index is 12.8. The summed E-state index contributed by atoms with van der Waals surface area (Å²) in [5.41, 5.74) is 1.91. The molecule has 0 fully saturated rings. The van der Waals surface area contributed by atoms with Gasteiger partial charge in [-0.1, -0.05) is 29.8 Å². The van der Waals surface area contributed by atoms with Crippen LogP contribution in [0.15, 0.2) is 48.5 Å². The van der Waals surface area contributed by atoms with Gasteiger partial charge in [-0.05, 0) is 38.1 Å². The van der Waals surface area contributed by atoms with Crippen LogP contribution < -0.4 is 0 Å². The summed E-state index contributed by atoms with van der Waals surface area (Å²) in [5.74, 6) is -1.70. The van der Waals surface area contributed by atoms with Crippen LogP contribution in [-0.4, -0.2) is 11.6 Å². The minimum Gasteiger partial charge on any atom is -0.293 e. The largest absolute Gasteiger partial charge is 0.293 e. The van der Waals surface area contributed by atoms with Crippen molar-refractivity contribution >= 4 is 11.6 Å². The lowest BCUT2D eigenvalue weighted by molar-refractivity contribution is 0.0821. The molecular weight excluding hydrogens is 255 g/mol. The quantitative estimate of drug-likeness (QED) is 0.625. The molecule has 0 aliphatic rings. The number of halogens is 1. The minimum absolute atomic E-state index is 0.223. The van der Waals surface area contributed by atoms with Crippen molar-refractivity contribution in [2.24, 2.45) is 5.92 Å². The Balaban J connectivity index is 2.20. The molecular formula is C17H15FO2. The lowest BCUT2D eigenvalue weighted by atomic mass is 9.91. The molecule has 0 saturated carbocycles. The van der Waals surface area contributed by atoms with Crippen LogP contribution in [0.25, 0.3) is 0 Å². The van der Waals surface area contributed by atoms with Gasteiger partial charge in [0.25, 0.3) is 0 Å². The van der Waals surface area contributed by atoms with Crippen LogP contribution in [0.3, 0.4) is 0 Å². The Kier molecular flexibility index (Phi) is 4.08. The van der Waals surface area contributed by atoms with E-state index in [4.69, 9.17) is 0 Å². The molecule has 0 aromatic heterocycles. The number of benzene rings is 2. The highest BCUT2D eigenvalue weighted by Crippen LogP contribution is 2.16. The van der Waals surface area contributed by atoms with Crippen molar-refractivity contribution in [3.05, 3.63) is 71.0 Å². The molecule has 0 aliphatic carbocycles. The third-order valence-electron chi connectivity index (χ3n) is 3.25. The third-order valence-corrected chi connectivity index (χ3v) is 3.25. The van der Waals surface area contributed by atoms with Gasteiger partial charge in [-0.15, -0.1) is 0 Å². The summed E-state index contributed by atoms with van der Waals surface area (Å²) in [6, 6.07) is 12.3. The molecule has 0 aliphatic heterocycles. The Bertz CT molecular complexity index is 570. The second-order valence-electron chi connectivity index (χ2n) is 4.82. The van der Waals surface area contributed by atoms with Crippen LogP contribution in [0.1, 0.15) is 33.2 Å². The summed E-state index contributed by atoms with van der Waals surface area (Å²) in [5, 5.41) is 0. The predicted octanol–water partition coefficient (Wildman–Crippen LogP) is 3.84. The van der Waals surface area contributed by atoms with Crippen molar-refractivity contribution in [2.45, 2.75) is 13.8 Å². The smallest absolute Gasteiger partial charge is 0.173 e. The average molecular weight is 270 g/mol. The first kappa shape index (κ1) is 14.1. The molecule has 0 radical (unpaired) electrons. The maximum absolute atomic E-state index is 12.8. The first-order chi connectivity index (χ1) is 9.49. The standard InChI is InChI=1S/C17H15FO2/c1-11-3-5-13(6-4-11)16(19)12(2)17(20)14-7-9-15(18)10-8-14/h3-10,12H,1-2H3. The van der Waals surface area contributed by atoms with Crippen molar-refractivity contribution in [1.82, 2.24) is 0 Å². The van der Waals surface area contributed by atoms with Gasteiger partial charge < -0.3 is 0 Å². The SMILES string of the molecule is Cc1ccc(C(=O)C(C)C(=O)c2ccc(F)cc2)cc1. The zero-order valence-electron chi connectivity index (χ0n) is 11.4. The summed E-state index contributed by atoms with van der Waals surface area (Å²) in [6.45, 7) is 3.51. The highest BCUT2D eigenvalue weighted by atomic mass is 19.1. The highest BCUT2D eigenvalue weighted by Gasteiger charge is 2.23. The number of carbonyl (C=O) groups excluding carboxylic acids is 2. The molecule has 0 saturated heterocycles. The molecule has 0 spiro atoms.